The van der Waals surface area contributed by atoms with Crippen LogP contribution in [-0.2, 0) is 17.1 Å². The smallest absolute Gasteiger partial charge is 0.872 e. The van der Waals surface area contributed by atoms with Gasteiger partial charge in [-0.3, -0.25) is 9.59 Å². The molecule has 0 unspecified atom stereocenters. The number of hydrogen-bond donors (Lipinski definition) is 4. The molecular weight excluding hydrogens is 400 g/mol. The zero-order chi connectivity index (χ0) is 20.2. The monoisotopic (exact) mass is 425 g/mol. The summed E-state index contributed by atoms with van der Waals surface area (Å²) in [7, 11) is 0. The van der Waals surface area contributed by atoms with Crippen LogP contribution in [0.1, 0.15) is 20.7 Å². The second kappa shape index (κ2) is 21.8. The number of carbonyl (C=O) groups is 2. The van der Waals surface area contributed by atoms with E-state index in [1.54, 1.807) is 24.3 Å². The summed E-state index contributed by atoms with van der Waals surface area (Å²) in [5, 5.41) is 21.2. The average molecular weight is 426 g/mol. The van der Waals surface area contributed by atoms with Crippen LogP contribution < -0.4 is 33.1 Å². The molecule has 0 fully saturated rings. The van der Waals surface area contributed by atoms with Crippen LogP contribution in [-0.4, -0.2) is 38.8 Å². The Balaban J connectivity index is -0.000000303. The molecule has 153 valence electrons. The first-order valence-corrected chi connectivity index (χ1v) is 7.74. The van der Waals surface area contributed by atoms with Gasteiger partial charge in [0.15, 0.2) is 0 Å². The predicted octanol–water partition coefficient (Wildman–Crippen LogP) is -1.05. The fourth-order valence-electron chi connectivity index (χ4n) is 1.16. The van der Waals surface area contributed by atoms with Crippen LogP contribution in [0.25, 0.3) is 0 Å². The first-order valence-electron chi connectivity index (χ1n) is 7.74. The van der Waals surface area contributed by atoms with Gasteiger partial charge in [0.2, 0.25) is 0 Å². The van der Waals surface area contributed by atoms with E-state index in [1.807, 2.05) is 0 Å². The number of rotatable bonds is 4. The zero-order valence-corrected chi connectivity index (χ0v) is 15.8. The second-order valence-electron chi connectivity index (χ2n) is 4.47. The third-order valence-electron chi connectivity index (χ3n) is 2.43. The second-order valence-corrected chi connectivity index (χ2v) is 4.47. The van der Waals surface area contributed by atoms with Crippen molar-refractivity contribution in [2.24, 2.45) is 22.9 Å². The Morgan fingerprint density at radius 1 is 0.630 bits per heavy atom. The number of benzene rings is 2. The van der Waals surface area contributed by atoms with Gasteiger partial charge in [-0.15, -0.1) is 0 Å². The van der Waals surface area contributed by atoms with E-state index in [4.69, 9.17) is 22.9 Å². The maximum atomic E-state index is 10.6. The summed E-state index contributed by atoms with van der Waals surface area (Å²) >= 11 is 0. The van der Waals surface area contributed by atoms with Gasteiger partial charge in [-0.05, 0) is 0 Å². The molecule has 0 aliphatic carbocycles. The quantitative estimate of drug-likeness (QED) is 0.353. The van der Waals surface area contributed by atoms with Crippen LogP contribution in [0.5, 0.6) is 11.5 Å². The summed E-state index contributed by atoms with van der Waals surface area (Å²) in [5.74, 6) is -0.431. The van der Waals surface area contributed by atoms with E-state index >= 15 is 0 Å². The zero-order valence-electron chi connectivity index (χ0n) is 14.8. The fraction of sp³-hybridized carbons (Fsp3) is 0.222. The third kappa shape index (κ3) is 16.9. The molecule has 0 spiro atoms. The summed E-state index contributed by atoms with van der Waals surface area (Å²) in [6.07, 6.45) is 1.12. The molecule has 0 amide bonds. The standard InChI is InChI=1S/2C7H6O2.2C2H8N2.Cu/c2*8-5-6-3-1-2-4-7(6)9;2*3-1-2-4;/h2*1-5,9H;2*1-4H2;/q;;;;+2/p-2. The molecule has 0 aromatic heterocycles. The van der Waals surface area contributed by atoms with Crippen LogP contribution in [0.15, 0.2) is 48.5 Å². The van der Waals surface area contributed by atoms with Crippen molar-refractivity contribution in [2.45, 2.75) is 0 Å². The van der Waals surface area contributed by atoms with Crippen LogP contribution in [0.4, 0.5) is 0 Å². The van der Waals surface area contributed by atoms with E-state index in [0.29, 0.717) is 38.8 Å². The Labute approximate surface area is 170 Å². The van der Waals surface area contributed by atoms with Crippen molar-refractivity contribution < 1.29 is 36.9 Å². The third-order valence-corrected chi connectivity index (χ3v) is 2.43. The van der Waals surface area contributed by atoms with Crippen molar-refractivity contribution in [3.05, 3.63) is 59.7 Å². The Morgan fingerprint density at radius 2 is 0.889 bits per heavy atom. The van der Waals surface area contributed by atoms with Gasteiger partial charge < -0.3 is 33.1 Å². The topological polar surface area (TPSA) is 184 Å². The molecule has 9 heteroatoms. The molecule has 8 nitrogen and oxygen atoms in total. The molecule has 0 saturated heterocycles. The van der Waals surface area contributed by atoms with Crippen molar-refractivity contribution in [1.29, 1.82) is 0 Å². The molecule has 0 heterocycles. The van der Waals surface area contributed by atoms with Gasteiger partial charge in [-0.1, -0.05) is 60.0 Å². The summed E-state index contributed by atoms with van der Waals surface area (Å²) < 4.78 is 0. The van der Waals surface area contributed by atoms with E-state index in [-0.39, 0.29) is 39.7 Å². The maximum absolute atomic E-state index is 10.6. The first-order chi connectivity index (χ1) is 12.5. The van der Waals surface area contributed by atoms with E-state index in [0.717, 1.165) is 0 Å². The SMILES string of the molecule is NCCN.NCCN.O=Cc1ccccc1[O-].O=Cc1ccccc1[O-].[Cu+2]. The Bertz CT molecular complexity index is 558. The number of nitrogens with two attached hydrogens (primary N) is 4. The Hall–Kier alpha value is -2.26. The van der Waals surface area contributed by atoms with Gasteiger partial charge >= 0.3 is 17.1 Å². The number of hydrogen-bond acceptors (Lipinski definition) is 8. The van der Waals surface area contributed by atoms with Crippen molar-refractivity contribution in [3.63, 3.8) is 0 Å². The van der Waals surface area contributed by atoms with Crippen molar-refractivity contribution in [2.75, 3.05) is 26.2 Å². The van der Waals surface area contributed by atoms with Gasteiger partial charge in [0, 0.05) is 37.3 Å². The molecule has 0 saturated carbocycles. The largest absolute Gasteiger partial charge is 2.00 e. The molecule has 0 aliphatic heterocycles. The molecule has 8 N–H and O–H groups in total. The summed E-state index contributed by atoms with van der Waals surface area (Å²) in [6, 6.07) is 12.2. The van der Waals surface area contributed by atoms with Crippen LogP contribution in [0.2, 0.25) is 0 Å². The van der Waals surface area contributed by atoms with Crippen LogP contribution in [0, 0.1) is 0 Å². The average Bonchev–Trinajstić information content (AvgIpc) is 2.69. The maximum Gasteiger partial charge on any atom is 2.00 e. The van der Waals surface area contributed by atoms with E-state index in [2.05, 4.69) is 0 Å². The van der Waals surface area contributed by atoms with Crippen molar-refractivity contribution >= 4 is 12.6 Å². The summed E-state index contributed by atoms with van der Waals surface area (Å²) in [5.41, 5.74) is 20.1. The number of carbonyl (C=O) groups excluding carboxylic acids is 2. The van der Waals surface area contributed by atoms with Gasteiger partial charge in [-0.25, -0.2) is 0 Å². The molecule has 0 aliphatic rings. The fourth-order valence-corrected chi connectivity index (χ4v) is 1.16. The van der Waals surface area contributed by atoms with E-state index in [1.165, 1.54) is 24.3 Å². The number of para-hydroxylation sites is 2. The summed E-state index contributed by atoms with van der Waals surface area (Å²) in [6.45, 7) is 2.39. The Morgan fingerprint density at radius 3 is 1.04 bits per heavy atom. The Kier molecular flexibility index (Phi) is 23.8. The predicted molar refractivity (Wildman–Crippen MR) is 98.8 cm³/mol. The molecule has 2 aromatic rings. The number of aldehydes is 2. The molecular formula is C18H26CuN4O4. The normalized spacial score (nSPS) is 8.15. The van der Waals surface area contributed by atoms with E-state index in [9.17, 15) is 19.8 Å². The molecule has 0 bridgehead atoms. The van der Waals surface area contributed by atoms with E-state index < -0.39 is 0 Å². The van der Waals surface area contributed by atoms with Gasteiger partial charge in [0.05, 0.1) is 0 Å². The van der Waals surface area contributed by atoms with Gasteiger partial charge in [0.25, 0.3) is 0 Å². The van der Waals surface area contributed by atoms with Gasteiger partial charge in [0.1, 0.15) is 12.6 Å². The van der Waals surface area contributed by atoms with Crippen LogP contribution >= 0.6 is 0 Å². The molecule has 1 radical (unpaired) electrons. The molecule has 27 heavy (non-hydrogen) atoms. The molecule has 0 atom stereocenters. The van der Waals surface area contributed by atoms with Crippen molar-refractivity contribution in [3.8, 4) is 11.5 Å². The van der Waals surface area contributed by atoms with Crippen molar-refractivity contribution in [1.82, 2.24) is 0 Å². The first kappa shape index (κ1) is 29.5. The van der Waals surface area contributed by atoms with Gasteiger partial charge in [-0.2, -0.15) is 0 Å². The minimum atomic E-state index is -0.215. The summed E-state index contributed by atoms with van der Waals surface area (Å²) in [4.78, 5) is 20.1. The van der Waals surface area contributed by atoms with Crippen LogP contribution in [0.3, 0.4) is 0 Å². The molecule has 2 aromatic carbocycles. The minimum Gasteiger partial charge on any atom is -0.872 e. The minimum absolute atomic E-state index is 0. The molecule has 2 rings (SSSR count).